The third kappa shape index (κ3) is 2.05. The molecule has 1 aromatic heterocycles. The van der Waals surface area contributed by atoms with E-state index in [4.69, 9.17) is 6.42 Å². The Balaban J connectivity index is 3.25. The summed E-state index contributed by atoms with van der Waals surface area (Å²) in [5.41, 5.74) is -0.854. The molecule has 0 aromatic carbocycles. The molecule has 0 N–H and O–H groups in total. The molecule has 0 saturated heterocycles. The number of alkyl halides is 3. The number of pyridine rings is 1. The molecule has 0 bridgehead atoms. The minimum absolute atomic E-state index is 0.0949. The van der Waals surface area contributed by atoms with E-state index in [0.717, 1.165) is 6.07 Å². The van der Waals surface area contributed by atoms with Gasteiger partial charge in [0.25, 0.3) is 0 Å². The predicted octanol–water partition coefficient (Wildman–Crippen LogP) is 2.84. The van der Waals surface area contributed by atoms with Gasteiger partial charge in [-0.3, -0.25) is 4.98 Å². The molecule has 1 atom stereocenters. The van der Waals surface area contributed by atoms with Gasteiger partial charge < -0.3 is 0 Å². The van der Waals surface area contributed by atoms with E-state index in [1.54, 1.807) is 0 Å². The molecule has 0 amide bonds. The molecule has 0 aliphatic heterocycles. The Hall–Kier alpha value is -1.50. The first-order valence-corrected chi connectivity index (χ1v) is 3.95. The zero-order valence-corrected chi connectivity index (χ0v) is 7.47. The predicted molar refractivity (Wildman–Crippen MR) is 46.5 cm³/mol. The minimum atomic E-state index is -4.39. The molecule has 1 unspecified atom stereocenters. The highest BCUT2D eigenvalue weighted by Gasteiger charge is 2.34. The first kappa shape index (κ1) is 10.6. The average molecular weight is 199 g/mol. The van der Waals surface area contributed by atoms with Gasteiger partial charge in [0.2, 0.25) is 0 Å². The summed E-state index contributed by atoms with van der Waals surface area (Å²) >= 11 is 0. The molecule has 0 radical (unpaired) electrons. The summed E-state index contributed by atoms with van der Waals surface area (Å²) in [5, 5.41) is 0. The van der Waals surface area contributed by atoms with E-state index in [9.17, 15) is 13.2 Å². The fraction of sp³-hybridized carbons (Fsp3) is 0.300. The van der Waals surface area contributed by atoms with Crippen molar-refractivity contribution in [2.24, 2.45) is 0 Å². The maximum atomic E-state index is 12.4. The number of hydrogen-bond acceptors (Lipinski definition) is 1. The van der Waals surface area contributed by atoms with E-state index >= 15 is 0 Å². The maximum Gasteiger partial charge on any atom is 0.418 e. The molecule has 1 aromatic rings. The normalized spacial score (nSPS) is 13.4. The lowest BCUT2D eigenvalue weighted by atomic mass is 10.0. The van der Waals surface area contributed by atoms with Crippen LogP contribution in [0, 0.1) is 12.3 Å². The quantitative estimate of drug-likeness (QED) is 0.634. The Morgan fingerprint density at radius 1 is 1.50 bits per heavy atom. The second-order valence-electron chi connectivity index (χ2n) is 2.82. The number of terminal acetylenes is 1. The highest BCUT2D eigenvalue weighted by atomic mass is 19.4. The van der Waals surface area contributed by atoms with Crippen LogP contribution >= 0.6 is 0 Å². The number of halogens is 3. The van der Waals surface area contributed by atoms with Gasteiger partial charge >= 0.3 is 6.18 Å². The monoisotopic (exact) mass is 199 g/mol. The molecule has 0 saturated carbocycles. The lowest BCUT2D eigenvalue weighted by Crippen LogP contribution is -2.11. The van der Waals surface area contributed by atoms with Crippen molar-refractivity contribution in [2.75, 3.05) is 0 Å². The van der Waals surface area contributed by atoms with Crippen LogP contribution in [0.4, 0.5) is 13.2 Å². The van der Waals surface area contributed by atoms with E-state index in [1.165, 1.54) is 19.2 Å². The van der Waals surface area contributed by atoms with Crippen molar-refractivity contribution in [3.63, 3.8) is 0 Å². The molecule has 0 fully saturated rings. The number of hydrogen-bond donors (Lipinski definition) is 0. The Morgan fingerprint density at radius 3 is 2.64 bits per heavy atom. The Bertz CT molecular complexity index is 362. The third-order valence-electron chi connectivity index (χ3n) is 1.80. The van der Waals surface area contributed by atoms with Crippen molar-refractivity contribution >= 4 is 0 Å². The van der Waals surface area contributed by atoms with Crippen LogP contribution < -0.4 is 0 Å². The second-order valence-corrected chi connectivity index (χ2v) is 2.82. The van der Waals surface area contributed by atoms with Gasteiger partial charge in [0, 0.05) is 6.20 Å². The summed E-state index contributed by atoms with van der Waals surface area (Å²) < 4.78 is 37.3. The maximum absolute atomic E-state index is 12.4. The fourth-order valence-corrected chi connectivity index (χ4v) is 1.08. The van der Waals surface area contributed by atoms with Crippen LogP contribution in [0.15, 0.2) is 18.3 Å². The Labute approximate surface area is 80.0 Å². The molecular weight excluding hydrogens is 191 g/mol. The van der Waals surface area contributed by atoms with Crippen molar-refractivity contribution in [3.05, 3.63) is 29.6 Å². The molecule has 74 valence electrons. The topological polar surface area (TPSA) is 12.9 Å². The van der Waals surface area contributed by atoms with E-state index in [2.05, 4.69) is 10.9 Å². The highest BCUT2D eigenvalue weighted by molar-refractivity contribution is 5.30. The van der Waals surface area contributed by atoms with E-state index in [1.807, 2.05) is 0 Å². The molecule has 1 rings (SSSR count). The summed E-state index contributed by atoms with van der Waals surface area (Å²) in [4.78, 5) is 3.65. The molecule has 1 heterocycles. The molecule has 1 nitrogen and oxygen atoms in total. The summed E-state index contributed by atoms with van der Waals surface area (Å²) in [5.74, 6) is 1.60. The summed E-state index contributed by atoms with van der Waals surface area (Å²) in [6.45, 7) is 1.51. The molecule has 0 spiro atoms. The van der Waals surface area contributed by atoms with Gasteiger partial charge in [-0.1, -0.05) is 5.92 Å². The third-order valence-corrected chi connectivity index (χ3v) is 1.80. The first-order chi connectivity index (χ1) is 6.46. The Kier molecular flexibility index (Phi) is 2.80. The van der Waals surface area contributed by atoms with Gasteiger partial charge in [-0.15, -0.1) is 6.42 Å². The Morgan fingerprint density at radius 2 is 2.14 bits per heavy atom. The van der Waals surface area contributed by atoms with Crippen LogP contribution in [0.3, 0.4) is 0 Å². The number of nitrogens with zero attached hydrogens (tertiary/aromatic N) is 1. The summed E-state index contributed by atoms with van der Waals surface area (Å²) in [7, 11) is 0. The van der Waals surface area contributed by atoms with Crippen LogP contribution in [-0.4, -0.2) is 4.98 Å². The fourth-order valence-electron chi connectivity index (χ4n) is 1.08. The minimum Gasteiger partial charge on any atom is -0.259 e. The van der Waals surface area contributed by atoms with Gasteiger partial charge in [-0.2, -0.15) is 13.2 Å². The SMILES string of the molecule is C#CC(C)c1ncccc1C(F)(F)F. The van der Waals surface area contributed by atoms with Crippen molar-refractivity contribution < 1.29 is 13.2 Å². The van der Waals surface area contributed by atoms with Gasteiger partial charge in [-0.05, 0) is 19.1 Å². The average Bonchev–Trinajstić information content (AvgIpc) is 2.15. The van der Waals surface area contributed by atoms with Crippen LogP contribution in [0.2, 0.25) is 0 Å². The summed E-state index contributed by atoms with van der Waals surface area (Å²) in [6, 6.07) is 2.23. The van der Waals surface area contributed by atoms with Gasteiger partial charge in [-0.25, -0.2) is 0 Å². The largest absolute Gasteiger partial charge is 0.418 e. The zero-order chi connectivity index (χ0) is 10.8. The van der Waals surface area contributed by atoms with Crippen molar-refractivity contribution in [3.8, 4) is 12.3 Å². The molecule has 0 aliphatic carbocycles. The van der Waals surface area contributed by atoms with Crippen molar-refractivity contribution in [2.45, 2.75) is 19.0 Å². The van der Waals surface area contributed by atoms with Gasteiger partial charge in [0.05, 0.1) is 17.2 Å². The van der Waals surface area contributed by atoms with Crippen LogP contribution in [0.1, 0.15) is 24.1 Å². The lowest BCUT2D eigenvalue weighted by molar-refractivity contribution is -0.138. The van der Waals surface area contributed by atoms with Crippen LogP contribution in [0.5, 0.6) is 0 Å². The molecule has 4 heteroatoms. The van der Waals surface area contributed by atoms with Crippen molar-refractivity contribution in [1.82, 2.24) is 4.98 Å². The second kappa shape index (κ2) is 3.70. The van der Waals surface area contributed by atoms with Crippen LogP contribution in [-0.2, 0) is 6.18 Å². The molecule has 14 heavy (non-hydrogen) atoms. The smallest absolute Gasteiger partial charge is 0.259 e. The highest BCUT2D eigenvalue weighted by Crippen LogP contribution is 2.33. The first-order valence-electron chi connectivity index (χ1n) is 3.95. The van der Waals surface area contributed by atoms with Gasteiger partial charge in [0.15, 0.2) is 0 Å². The van der Waals surface area contributed by atoms with Crippen molar-refractivity contribution in [1.29, 1.82) is 0 Å². The molecular formula is C10H8F3N. The van der Waals surface area contributed by atoms with E-state index < -0.39 is 17.7 Å². The summed E-state index contributed by atoms with van der Waals surface area (Å²) in [6.07, 6.45) is 1.97. The standard InChI is InChI=1S/C10H8F3N/c1-3-7(2)9-8(10(11,12)13)5-4-6-14-9/h1,4-7H,2H3. The molecule has 0 aliphatic rings. The van der Waals surface area contributed by atoms with Gasteiger partial charge in [0.1, 0.15) is 0 Å². The lowest BCUT2D eigenvalue weighted by Gasteiger charge is -2.12. The zero-order valence-electron chi connectivity index (χ0n) is 7.47. The van der Waals surface area contributed by atoms with E-state index in [0.29, 0.717) is 0 Å². The van der Waals surface area contributed by atoms with Crippen LogP contribution in [0.25, 0.3) is 0 Å². The number of rotatable bonds is 1. The number of aromatic nitrogens is 1. The van der Waals surface area contributed by atoms with E-state index in [-0.39, 0.29) is 5.69 Å².